The van der Waals surface area contributed by atoms with Gasteiger partial charge in [-0.05, 0) is 6.92 Å². The van der Waals surface area contributed by atoms with Crippen LogP contribution >= 0.6 is 0 Å². The molecule has 58 valence electrons. The molecule has 0 aliphatic carbocycles. The molecule has 0 radical (unpaired) electrons. The average Bonchev–Trinajstić information content (AvgIpc) is 2.34. The molecule has 1 aromatic heterocycles. The van der Waals surface area contributed by atoms with Gasteiger partial charge in [0, 0.05) is 12.6 Å². The van der Waals surface area contributed by atoms with Crippen LogP contribution in [-0.2, 0) is 6.54 Å². The van der Waals surface area contributed by atoms with Crippen LogP contribution in [-0.4, -0.2) is 21.5 Å². The van der Waals surface area contributed by atoms with Gasteiger partial charge >= 0.3 is 0 Å². The Balaban J connectivity index is 2.44. The van der Waals surface area contributed by atoms with Crippen LogP contribution in [0.5, 0.6) is 0 Å². The van der Waals surface area contributed by atoms with Crippen molar-refractivity contribution in [1.82, 2.24) is 14.9 Å². The molecule has 2 heterocycles. The van der Waals surface area contributed by atoms with Crippen LogP contribution in [0.25, 0.3) is 0 Å². The van der Waals surface area contributed by atoms with Crippen LogP contribution < -0.4 is 5.32 Å². The Kier molecular flexibility index (Phi) is 1.21. The van der Waals surface area contributed by atoms with Crippen LogP contribution in [0.2, 0.25) is 0 Å². The van der Waals surface area contributed by atoms with Crippen molar-refractivity contribution in [2.75, 3.05) is 0 Å². The normalized spacial score (nSPS) is 22.6. The number of fused-ring (bicyclic) bond motifs is 1. The highest BCUT2D eigenvalue weighted by Crippen LogP contribution is 2.06. The molecule has 1 aliphatic heterocycles. The van der Waals surface area contributed by atoms with Crippen LogP contribution in [0, 0.1) is 0 Å². The van der Waals surface area contributed by atoms with E-state index in [1.165, 1.54) is 0 Å². The maximum Gasteiger partial charge on any atom is 0.269 e. The van der Waals surface area contributed by atoms with Crippen molar-refractivity contribution in [2.45, 2.75) is 19.5 Å². The third-order valence-electron chi connectivity index (χ3n) is 1.79. The van der Waals surface area contributed by atoms with Gasteiger partial charge in [-0.25, -0.2) is 4.98 Å². The monoisotopic (exact) mass is 151 g/mol. The number of carbonyl (C=O) groups excluding carboxylic acids is 1. The second kappa shape index (κ2) is 2.08. The highest BCUT2D eigenvalue weighted by molar-refractivity contribution is 5.93. The molecular weight excluding hydrogens is 142 g/mol. The summed E-state index contributed by atoms with van der Waals surface area (Å²) in [5.74, 6) is -0.0266. The van der Waals surface area contributed by atoms with E-state index in [4.69, 9.17) is 0 Å². The minimum absolute atomic E-state index is 0.0266. The second-order valence-electron chi connectivity index (χ2n) is 2.81. The van der Waals surface area contributed by atoms with Gasteiger partial charge < -0.3 is 9.88 Å². The van der Waals surface area contributed by atoms with E-state index in [0.717, 1.165) is 6.54 Å². The summed E-state index contributed by atoms with van der Waals surface area (Å²) in [6.45, 7) is 2.79. The number of rotatable bonds is 0. The summed E-state index contributed by atoms with van der Waals surface area (Å²) in [6, 6.07) is 0.212. The van der Waals surface area contributed by atoms with Crippen LogP contribution in [0.1, 0.15) is 17.4 Å². The number of nitrogens with zero attached hydrogens (tertiary/aromatic N) is 2. The number of imidazole rings is 1. The SMILES string of the molecule is C[C@@H]1Cn2cncc2C(=O)N1. The fourth-order valence-corrected chi connectivity index (χ4v) is 1.29. The van der Waals surface area contributed by atoms with Crippen LogP contribution in [0.4, 0.5) is 0 Å². The van der Waals surface area contributed by atoms with Gasteiger partial charge in [0.2, 0.25) is 0 Å². The van der Waals surface area contributed by atoms with E-state index in [2.05, 4.69) is 10.3 Å². The van der Waals surface area contributed by atoms with Gasteiger partial charge in [0.15, 0.2) is 0 Å². The lowest BCUT2D eigenvalue weighted by atomic mass is 10.2. The number of carbonyl (C=O) groups is 1. The summed E-state index contributed by atoms with van der Waals surface area (Å²) in [4.78, 5) is 15.1. The van der Waals surface area contributed by atoms with E-state index >= 15 is 0 Å². The molecule has 0 saturated carbocycles. The molecule has 0 unspecified atom stereocenters. The van der Waals surface area contributed by atoms with Crippen molar-refractivity contribution in [3.63, 3.8) is 0 Å². The first-order valence-electron chi connectivity index (χ1n) is 3.58. The zero-order valence-electron chi connectivity index (χ0n) is 6.24. The van der Waals surface area contributed by atoms with Gasteiger partial charge in [-0.1, -0.05) is 0 Å². The van der Waals surface area contributed by atoms with Crippen molar-refractivity contribution in [2.24, 2.45) is 0 Å². The maximum atomic E-state index is 11.2. The zero-order valence-corrected chi connectivity index (χ0v) is 6.24. The molecule has 1 N–H and O–H groups in total. The first kappa shape index (κ1) is 6.39. The van der Waals surface area contributed by atoms with Crippen LogP contribution in [0.3, 0.4) is 0 Å². The minimum Gasteiger partial charge on any atom is -0.346 e. The Hall–Kier alpha value is -1.32. The lowest BCUT2D eigenvalue weighted by molar-refractivity contribution is 0.0906. The van der Waals surface area contributed by atoms with E-state index in [9.17, 15) is 4.79 Å². The standard InChI is InChI=1S/C7H9N3O/c1-5-3-10-4-8-2-6(10)7(11)9-5/h2,4-5H,3H2,1H3,(H,9,11)/t5-/m1/s1. The van der Waals surface area contributed by atoms with E-state index in [-0.39, 0.29) is 11.9 Å². The molecule has 0 bridgehead atoms. The number of nitrogens with one attached hydrogen (secondary N) is 1. The molecular formula is C7H9N3O. The lowest BCUT2D eigenvalue weighted by Gasteiger charge is -2.21. The van der Waals surface area contributed by atoms with Gasteiger partial charge in [-0.3, -0.25) is 4.79 Å². The van der Waals surface area contributed by atoms with Gasteiger partial charge in [0.1, 0.15) is 5.69 Å². The summed E-state index contributed by atoms with van der Waals surface area (Å²) in [5.41, 5.74) is 0.656. The Labute approximate surface area is 64.2 Å². The highest BCUT2D eigenvalue weighted by Gasteiger charge is 2.20. The molecule has 0 fully saturated rings. The van der Waals surface area contributed by atoms with Crippen molar-refractivity contribution >= 4 is 5.91 Å². The fraction of sp³-hybridized carbons (Fsp3) is 0.429. The first-order valence-corrected chi connectivity index (χ1v) is 3.58. The van der Waals surface area contributed by atoms with E-state index < -0.39 is 0 Å². The second-order valence-corrected chi connectivity index (χ2v) is 2.81. The maximum absolute atomic E-state index is 11.2. The summed E-state index contributed by atoms with van der Waals surface area (Å²) >= 11 is 0. The van der Waals surface area contributed by atoms with Gasteiger partial charge in [0.25, 0.3) is 5.91 Å². The van der Waals surface area contributed by atoms with Crippen molar-refractivity contribution in [1.29, 1.82) is 0 Å². The Morgan fingerprint density at radius 3 is 3.45 bits per heavy atom. The molecule has 11 heavy (non-hydrogen) atoms. The molecule has 1 amide bonds. The average molecular weight is 151 g/mol. The number of aromatic nitrogens is 2. The smallest absolute Gasteiger partial charge is 0.269 e. The summed E-state index contributed by atoms with van der Waals surface area (Å²) in [7, 11) is 0. The third-order valence-corrected chi connectivity index (χ3v) is 1.79. The van der Waals surface area contributed by atoms with Crippen molar-refractivity contribution in [3.8, 4) is 0 Å². The Morgan fingerprint density at radius 2 is 2.64 bits per heavy atom. The molecule has 1 atom stereocenters. The summed E-state index contributed by atoms with van der Waals surface area (Å²) in [6.07, 6.45) is 3.27. The third kappa shape index (κ3) is 0.906. The Bertz CT molecular complexity index is 292. The van der Waals surface area contributed by atoms with E-state index in [0.29, 0.717) is 5.69 Å². The molecule has 0 saturated heterocycles. The van der Waals surface area contributed by atoms with Crippen molar-refractivity contribution in [3.05, 3.63) is 18.2 Å². The molecule has 4 heteroatoms. The van der Waals surface area contributed by atoms with E-state index in [1.807, 2.05) is 11.5 Å². The fourth-order valence-electron chi connectivity index (χ4n) is 1.29. The zero-order chi connectivity index (χ0) is 7.84. The number of hydrogen-bond donors (Lipinski definition) is 1. The largest absolute Gasteiger partial charge is 0.346 e. The quantitative estimate of drug-likeness (QED) is 0.568. The van der Waals surface area contributed by atoms with Crippen LogP contribution in [0.15, 0.2) is 12.5 Å². The predicted octanol–water partition coefficient (Wildman–Crippen LogP) is 0.0150. The molecule has 4 nitrogen and oxygen atoms in total. The van der Waals surface area contributed by atoms with Gasteiger partial charge in [-0.2, -0.15) is 0 Å². The molecule has 1 aromatic rings. The number of hydrogen-bond acceptors (Lipinski definition) is 2. The predicted molar refractivity (Wildman–Crippen MR) is 39.2 cm³/mol. The first-order chi connectivity index (χ1) is 5.27. The minimum atomic E-state index is -0.0266. The van der Waals surface area contributed by atoms with E-state index in [1.54, 1.807) is 12.5 Å². The van der Waals surface area contributed by atoms with Crippen molar-refractivity contribution < 1.29 is 4.79 Å². The number of amides is 1. The van der Waals surface area contributed by atoms with Gasteiger partial charge in [0.05, 0.1) is 12.5 Å². The lowest BCUT2D eigenvalue weighted by Crippen LogP contribution is -2.41. The van der Waals surface area contributed by atoms with Gasteiger partial charge in [-0.15, -0.1) is 0 Å². The summed E-state index contributed by atoms with van der Waals surface area (Å²) in [5, 5.41) is 2.82. The molecule has 2 rings (SSSR count). The Morgan fingerprint density at radius 1 is 1.82 bits per heavy atom. The summed E-state index contributed by atoms with van der Waals surface area (Å²) < 4.78 is 1.86. The molecule has 0 aromatic carbocycles. The topological polar surface area (TPSA) is 46.9 Å². The molecule has 1 aliphatic rings. The highest BCUT2D eigenvalue weighted by atomic mass is 16.2. The molecule has 0 spiro atoms.